The number of aryl methyl sites for hydroxylation is 1. The maximum absolute atomic E-state index is 12.0. The Morgan fingerprint density at radius 1 is 1.15 bits per heavy atom. The average molecular weight is 380 g/mol. The Kier molecular flexibility index (Phi) is 6.18. The second kappa shape index (κ2) is 8.96. The molecule has 0 aliphatic rings. The van der Waals surface area contributed by atoms with Crippen molar-refractivity contribution in [1.82, 2.24) is 10.4 Å². The Morgan fingerprint density at radius 3 is 2.63 bits per heavy atom. The van der Waals surface area contributed by atoms with Crippen molar-refractivity contribution < 1.29 is 9.53 Å². The number of rotatable bonds is 6. The fraction of sp³-hybridized carbons (Fsp3) is 0.0952. The molecule has 5 nitrogen and oxygen atoms in total. The first-order valence-electron chi connectivity index (χ1n) is 8.34. The van der Waals surface area contributed by atoms with Gasteiger partial charge in [0.2, 0.25) is 0 Å². The highest BCUT2D eigenvalue weighted by molar-refractivity contribution is 6.31. The number of pyridine rings is 1. The van der Waals surface area contributed by atoms with Gasteiger partial charge < -0.3 is 4.74 Å². The first kappa shape index (κ1) is 18.6. The Balaban J connectivity index is 1.52. The molecule has 0 radical (unpaired) electrons. The van der Waals surface area contributed by atoms with Gasteiger partial charge in [0.25, 0.3) is 5.91 Å². The van der Waals surface area contributed by atoms with Crippen molar-refractivity contribution in [2.24, 2.45) is 5.10 Å². The van der Waals surface area contributed by atoms with Gasteiger partial charge in [0.05, 0.1) is 11.8 Å². The van der Waals surface area contributed by atoms with E-state index in [-0.39, 0.29) is 5.91 Å². The summed E-state index contributed by atoms with van der Waals surface area (Å²) in [5.74, 6) is 0.417. The summed E-state index contributed by atoms with van der Waals surface area (Å²) in [7, 11) is 0. The van der Waals surface area contributed by atoms with Crippen molar-refractivity contribution in [3.8, 4) is 5.75 Å². The van der Waals surface area contributed by atoms with Gasteiger partial charge >= 0.3 is 0 Å². The lowest BCUT2D eigenvalue weighted by Gasteiger charge is -2.07. The van der Waals surface area contributed by atoms with Crippen LogP contribution in [0.3, 0.4) is 0 Å². The van der Waals surface area contributed by atoms with Crippen molar-refractivity contribution in [2.45, 2.75) is 13.5 Å². The minimum absolute atomic E-state index is 0.307. The van der Waals surface area contributed by atoms with Gasteiger partial charge in [-0.05, 0) is 55.0 Å². The lowest BCUT2D eigenvalue weighted by atomic mass is 10.2. The van der Waals surface area contributed by atoms with Crippen LogP contribution in [0.5, 0.6) is 5.75 Å². The topological polar surface area (TPSA) is 63.6 Å². The number of halogens is 1. The van der Waals surface area contributed by atoms with Gasteiger partial charge in [0.1, 0.15) is 12.4 Å². The van der Waals surface area contributed by atoms with Gasteiger partial charge in [-0.2, -0.15) is 5.10 Å². The van der Waals surface area contributed by atoms with Gasteiger partial charge in [-0.1, -0.05) is 29.8 Å². The van der Waals surface area contributed by atoms with Crippen LogP contribution in [0.15, 0.2) is 72.0 Å². The minimum Gasteiger partial charge on any atom is -0.489 e. The van der Waals surface area contributed by atoms with E-state index in [1.54, 1.807) is 18.3 Å². The summed E-state index contributed by atoms with van der Waals surface area (Å²) in [5, 5.41) is 4.65. The van der Waals surface area contributed by atoms with E-state index in [9.17, 15) is 4.79 Å². The molecule has 3 aromatic rings. The smallest absolute Gasteiger partial charge is 0.272 e. The maximum Gasteiger partial charge on any atom is 0.272 e. The van der Waals surface area contributed by atoms with Gasteiger partial charge in [0.15, 0.2) is 0 Å². The highest BCUT2D eigenvalue weighted by Crippen LogP contribution is 2.18. The molecule has 6 heteroatoms. The van der Waals surface area contributed by atoms with Crippen LogP contribution in [-0.2, 0) is 6.61 Å². The van der Waals surface area contributed by atoms with E-state index in [1.165, 1.54) is 6.20 Å². The molecule has 0 unspecified atom stereocenters. The number of benzene rings is 2. The number of hydrazone groups is 1. The lowest BCUT2D eigenvalue weighted by molar-refractivity contribution is 0.0955. The first-order chi connectivity index (χ1) is 13.1. The highest BCUT2D eigenvalue weighted by atomic mass is 35.5. The van der Waals surface area contributed by atoms with E-state index in [2.05, 4.69) is 15.5 Å². The van der Waals surface area contributed by atoms with Gasteiger partial charge in [-0.15, -0.1) is 0 Å². The number of ether oxygens (including phenoxy) is 1. The summed E-state index contributed by atoms with van der Waals surface area (Å²) < 4.78 is 5.73. The summed E-state index contributed by atoms with van der Waals surface area (Å²) in [6, 6.07) is 18.4. The molecule has 0 atom stereocenters. The molecular formula is C21H18ClN3O2. The molecule has 1 aromatic heterocycles. The third-order valence-electron chi connectivity index (χ3n) is 3.79. The standard InChI is InChI=1S/C21H18ClN3O2/c1-15-6-9-17(13-23-15)21(26)25-24-12-16-7-10-19(11-8-16)27-14-18-4-2-3-5-20(18)22/h2-13H,14H2,1H3,(H,25,26)/b24-12-. The number of nitrogens with one attached hydrogen (secondary N) is 1. The number of carbonyl (C=O) groups excluding carboxylic acids is 1. The third-order valence-corrected chi connectivity index (χ3v) is 4.15. The van der Waals surface area contributed by atoms with Crippen LogP contribution < -0.4 is 10.2 Å². The van der Waals surface area contributed by atoms with Crippen LogP contribution in [0.2, 0.25) is 5.02 Å². The Bertz CT molecular complexity index is 938. The predicted molar refractivity (Wildman–Crippen MR) is 106 cm³/mol. The zero-order valence-electron chi connectivity index (χ0n) is 14.7. The zero-order valence-corrected chi connectivity index (χ0v) is 15.5. The fourth-order valence-electron chi connectivity index (χ4n) is 2.26. The average Bonchev–Trinajstić information content (AvgIpc) is 2.69. The molecule has 1 amide bonds. The number of hydrogen-bond acceptors (Lipinski definition) is 4. The SMILES string of the molecule is Cc1ccc(C(=O)N/N=C\c2ccc(OCc3ccccc3Cl)cc2)cn1. The van der Waals surface area contributed by atoms with Crippen LogP contribution in [0.4, 0.5) is 0 Å². The van der Waals surface area contributed by atoms with Crippen molar-refractivity contribution in [1.29, 1.82) is 0 Å². The van der Waals surface area contributed by atoms with Crippen molar-refractivity contribution >= 4 is 23.7 Å². The van der Waals surface area contributed by atoms with E-state index >= 15 is 0 Å². The molecule has 0 aliphatic heterocycles. The van der Waals surface area contributed by atoms with Gasteiger partial charge in [-0.3, -0.25) is 9.78 Å². The highest BCUT2D eigenvalue weighted by Gasteiger charge is 2.04. The molecule has 0 saturated carbocycles. The largest absolute Gasteiger partial charge is 0.489 e. The molecule has 0 aliphatic carbocycles. The summed E-state index contributed by atoms with van der Waals surface area (Å²) in [6.45, 7) is 2.26. The summed E-state index contributed by atoms with van der Waals surface area (Å²) in [5.41, 5.74) is 5.56. The van der Waals surface area contributed by atoms with Gasteiger partial charge in [-0.25, -0.2) is 5.43 Å². The lowest BCUT2D eigenvalue weighted by Crippen LogP contribution is -2.17. The summed E-state index contributed by atoms with van der Waals surface area (Å²) in [4.78, 5) is 16.0. The Hall–Kier alpha value is -3.18. The zero-order chi connectivity index (χ0) is 19.1. The molecule has 0 bridgehead atoms. The van der Waals surface area contributed by atoms with Crippen LogP contribution in [-0.4, -0.2) is 17.1 Å². The molecule has 136 valence electrons. The minimum atomic E-state index is -0.307. The fourth-order valence-corrected chi connectivity index (χ4v) is 2.45. The number of aromatic nitrogens is 1. The van der Waals surface area contributed by atoms with Crippen LogP contribution in [0.1, 0.15) is 27.2 Å². The molecule has 0 saturated heterocycles. The monoisotopic (exact) mass is 379 g/mol. The van der Waals surface area contributed by atoms with Gasteiger partial charge in [0, 0.05) is 22.5 Å². The van der Waals surface area contributed by atoms with Crippen LogP contribution >= 0.6 is 11.6 Å². The molecule has 1 N–H and O–H groups in total. The number of carbonyl (C=O) groups is 1. The molecule has 3 rings (SSSR count). The Morgan fingerprint density at radius 2 is 1.93 bits per heavy atom. The van der Waals surface area contributed by atoms with Crippen molar-refractivity contribution in [3.63, 3.8) is 0 Å². The van der Waals surface area contributed by atoms with E-state index in [0.29, 0.717) is 17.2 Å². The van der Waals surface area contributed by atoms with E-state index < -0.39 is 0 Å². The third kappa shape index (κ3) is 5.39. The van der Waals surface area contributed by atoms with Crippen molar-refractivity contribution in [3.05, 3.63) is 94.3 Å². The molecule has 0 fully saturated rings. The first-order valence-corrected chi connectivity index (χ1v) is 8.72. The van der Waals surface area contributed by atoms with Crippen LogP contribution in [0.25, 0.3) is 0 Å². The number of hydrogen-bond donors (Lipinski definition) is 1. The molecule has 27 heavy (non-hydrogen) atoms. The second-order valence-corrected chi connectivity index (χ2v) is 6.24. The van der Waals surface area contributed by atoms with Crippen LogP contribution in [0, 0.1) is 6.92 Å². The molecule has 0 spiro atoms. The molecule has 1 heterocycles. The van der Waals surface area contributed by atoms with E-state index in [0.717, 1.165) is 22.6 Å². The second-order valence-electron chi connectivity index (χ2n) is 5.84. The maximum atomic E-state index is 12.0. The normalized spacial score (nSPS) is 10.7. The number of amides is 1. The Labute approximate surface area is 162 Å². The number of nitrogens with zero attached hydrogens (tertiary/aromatic N) is 2. The van der Waals surface area contributed by atoms with E-state index in [4.69, 9.17) is 16.3 Å². The molecular weight excluding hydrogens is 362 g/mol. The summed E-state index contributed by atoms with van der Waals surface area (Å²) >= 11 is 6.11. The van der Waals surface area contributed by atoms with Crippen molar-refractivity contribution in [2.75, 3.05) is 0 Å². The summed E-state index contributed by atoms with van der Waals surface area (Å²) in [6.07, 6.45) is 3.09. The van der Waals surface area contributed by atoms with E-state index in [1.807, 2.05) is 55.5 Å². The molecule has 2 aromatic carbocycles. The quantitative estimate of drug-likeness (QED) is 0.510. The predicted octanol–water partition coefficient (Wildman–Crippen LogP) is 4.39.